The number of fused-ring (bicyclic) bond motifs is 1. The number of anilines is 1. The van der Waals surface area contributed by atoms with Gasteiger partial charge in [0.15, 0.2) is 0 Å². The molecule has 0 aromatic carbocycles. The Kier molecular flexibility index (Phi) is 4.70. The van der Waals surface area contributed by atoms with Gasteiger partial charge < -0.3 is 10.2 Å². The molecule has 2 fully saturated rings. The molecule has 5 heteroatoms. The lowest BCUT2D eigenvalue weighted by Gasteiger charge is -2.44. The van der Waals surface area contributed by atoms with Gasteiger partial charge in [-0.1, -0.05) is 20.3 Å². The molecule has 21 heavy (non-hydrogen) atoms. The molecule has 0 saturated carbocycles. The van der Waals surface area contributed by atoms with Crippen LogP contribution in [0.3, 0.4) is 0 Å². The summed E-state index contributed by atoms with van der Waals surface area (Å²) < 4.78 is 0. The molecule has 0 aliphatic carbocycles. The lowest BCUT2D eigenvalue weighted by Crippen LogP contribution is -2.55. The fourth-order valence-corrected chi connectivity index (χ4v) is 3.28. The zero-order valence-electron chi connectivity index (χ0n) is 13.3. The zero-order chi connectivity index (χ0) is 14.7. The first kappa shape index (κ1) is 14.7. The highest BCUT2D eigenvalue weighted by Crippen LogP contribution is 2.23. The van der Waals surface area contributed by atoms with E-state index >= 15 is 0 Å². The van der Waals surface area contributed by atoms with Crippen molar-refractivity contribution >= 4 is 5.82 Å². The van der Waals surface area contributed by atoms with Crippen LogP contribution in [-0.2, 0) is 6.54 Å². The van der Waals surface area contributed by atoms with Gasteiger partial charge in [0.1, 0.15) is 5.82 Å². The number of nitrogens with one attached hydrogen (secondary N) is 1. The van der Waals surface area contributed by atoms with Crippen molar-refractivity contribution < 1.29 is 0 Å². The third kappa shape index (κ3) is 3.71. The van der Waals surface area contributed by atoms with Gasteiger partial charge in [-0.25, -0.2) is 4.98 Å². The Labute approximate surface area is 127 Å². The number of piperazine rings is 1. The molecule has 1 unspecified atom stereocenters. The van der Waals surface area contributed by atoms with Gasteiger partial charge in [-0.15, -0.1) is 0 Å². The molecule has 1 aromatic heterocycles. The summed E-state index contributed by atoms with van der Waals surface area (Å²) in [6.45, 7) is 9.72. The summed E-state index contributed by atoms with van der Waals surface area (Å²) in [7, 11) is 0. The van der Waals surface area contributed by atoms with Crippen molar-refractivity contribution in [2.24, 2.45) is 0 Å². The minimum atomic E-state index is 0.478. The van der Waals surface area contributed by atoms with E-state index in [9.17, 15) is 0 Å². The van der Waals surface area contributed by atoms with Gasteiger partial charge in [-0.3, -0.25) is 9.88 Å². The summed E-state index contributed by atoms with van der Waals surface area (Å²) in [6, 6.07) is 1.20. The van der Waals surface area contributed by atoms with Crippen molar-refractivity contribution in [2.75, 3.05) is 31.1 Å². The lowest BCUT2D eigenvalue weighted by molar-refractivity contribution is 0.133. The summed E-state index contributed by atoms with van der Waals surface area (Å²) in [6.07, 6.45) is 7.93. The molecule has 0 spiro atoms. The van der Waals surface area contributed by atoms with Crippen molar-refractivity contribution in [3.8, 4) is 0 Å². The molecule has 3 heterocycles. The third-order valence-corrected chi connectivity index (χ3v) is 4.54. The van der Waals surface area contributed by atoms with Crippen molar-refractivity contribution in [3.63, 3.8) is 0 Å². The molecule has 3 rings (SSSR count). The molecule has 5 nitrogen and oxygen atoms in total. The van der Waals surface area contributed by atoms with Gasteiger partial charge >= 0.3 is 0 Å². The maximum atomic E-state index is 4.62. The van der Waals surface area contributed by atoms with E-state index < -0.39 is 0 Å². The van der Waals surface area contributed by atoms with E-state index in [1.807, 2.05) is 12.4 Å². The van der Waals surface area contributed by atoms with Crippen LogP contribution in [0.5, 0.6) is 0 Å². The summed E-state index contributed by atoms with van der Waals surface area (Å²) in [5.74, 6) is 1.04. The Balaban J connectivity index is 1.59. The van der Waals surface area contributed by atoms with E-state index in [-0.39, 0.29) is 0 Å². The number of hydrogen-bond acceptors (Lipinski definition) is 5. The van der Waals surface area contributed by atoms with Crippen LogP contribution in [-0.4, -0.2) is 53.1 Å². The van der Waals surface area contributed by atoms with Gasteiger partial charge in [0, 0.05) is 38.3 Å². The quantitative estimate of drug-likeness (QED) is 0.913. The monoisotopic (exact) mass is 289 g/mol. The molecule has 2 aliphatic heterocycles. The van der Waals surface area contributed by atoms with Gasteiger partial charge in [0.05, 0.1) is 18.1 Å². The smallest absolute Gasteiger partial charge is 0.147 e. The normalized spacial score (nSPS) is 23.4. The van der Waals surface area contributed by atoms with E-state index in [4.69, 9.17) is 0 Å². The van der Waals surface area contributed by atoms with Crippen LogP contribution in [0.15, 0.2) is 12.4 Å². The average Bonchev–Trinajstić information content (AvgIpc) is 2.53. The molecule has 0 radical (unpaired) electrons. The summed E-state index contributed by atoms with van der Waals surface area (Å²) >= 11 is 0. The average molecular weight is 289 g/mol. The first-order valence-corrected chi connectivity index (χ1v) is 8.25. The summed E-state index contributed by atoms with van der Waals surface area (Å²) in [5.41, 5.74) is 1.02. The number of aromatic nitrogens is 2. The fourth-order valence-electron chi connectivity index (χ4n) is 3.28. The van der Waals surface area contributed by atoms with E-state index in [1.165, 1.54) is 32.4 Å². The number of hydrogen-bond donors (Lipinski definition) is 1. The molecule has 116 valence electrons. The SMILES string of the molecule is CC(C)NCc1cnc(N2CCN3CCCCC3C2)cn1. The number of piperidine rings is 1. The van der Waals surface area contributed by atoms with Gasteiger partial charge in [0.25, 0.3) is 0 Å². The van der Waals surface area contributed by atoms with E-state index in [0.29, 0.717) is 6.04 Å². The second kappa shape index (κ2) is 6.71. The molecule has 1 aromatic rings. The van der Waals surface area contributed by atoms with Gasteiger partial charge in [0.2, 0.25) is 0 Å². The molecule has 1 atom stereocenters. The first-order valence-electron chi connectivity index (χ1n) is 8.25. The highest BCUT2D eigenvalue weighted by Gasteiger charge is 2.29. The topological polar surface area (TPSA) is 44.3 Å². The number of rotatable bonds is 4. The Morgan fingerprint density at radius 2 is 2.10 bits per heavy atom. The maximum Gasteiger partial charge on any atom is 0.147 e. The second-order valence-corrected chi connectivity index (χ2v) is 6.53. The van der Waals surface area contributed by atoms with Crippen LogP contribution in [0.25, 0.3) is 0 Å². The Morgan fingerprint density at radius 3 is 2.86 bits per heavy atom. The van der Waals surface area contributed by atoms with Crippen LogP contribution in [0, 0.1) is 0 Å². The predicted molar refractivity (Wildman–Crippen MR) is 85.4 cm³/mol. The van der Waals surface area contributed by atoms with Crippen LogP contribution in [0.2, 0.25) is 0 Å². The van der Waals surface area contributed by atoms with Crippen LogP contribution >= 0.6 is 0 Å². The van der Waals surface area contributed by atoms with Crippen LogP contribution in [0.4, 0.5) is 5.82 Å². The Morgan fingerprint density at radius 1 is 1.19 bits per heavy atom. The highest BCUT2D eigenvalue weighted by atomic mass is 15.3. The minimum absolute atomic E-state index is 0.478. The van der Waals surface area contributed by atoms with E-state index in [0.717, 1.165) is 37.2 Å². The predicted octanol–water partition coefficient (Wildman–Crippen LogP) is 1.65. The molecule has 1 N–H and O–H groups in total. The van der Waals surface area contributed by atoms with Gasteiger partial charge in [-0.05, 0) is 19.4 Å². The van der Waals surface area contributed by atoms with Gasteiger partial charge in [-0.2, -0.15) is 0 Å². The highest BCUT2D eigenvalue weighted by molar-refractivity contribution is 5.37. The summed E-state index contributed by atoms with van der Waals surface area (Å²) in [5, 5.41) is 3.38. The number of nitrogens with zero attached hydrogens (tertiary/aromatic N) is 4. The third-order valence-electron chi connectivity index (χ3n) is 4.54. The molecule has 0 bridgehead atoms. The Bertz CT molecular complexity index is 444. The standard InChI is InChI=1S/C16H27N5/c1-13(2)17-9-14-10-19-16(11-18-14)21-8-7-20-6-4-3-5-15(20)12-21/h10-11,13,15,17H,3-9,12H2,1-2H3. The molecule has 2 aliphatic rings. The second-order valence-electron chi connectivity index (χ2n) is 6.53. The van der Waals surface area contributed by atoms with Crippen molar-refractivity contribution in [1.29, 1.82) is 0 Å². The van der Waals surface area contributed by atoms with Crippen LogP contribution in [0.1, 0.15) is 38.8 Å². The zero-order valence-corrected chi connectivity index (χ0v) is 13.3. The molecule has 0 amide bonds. The van der Waals surface area contributed by atoms with Crippen molar-refractivity contribution in [1.82, 2.24) is 20.2 Å². The van der Waals surface area contributed by atoms with Crippen molar-refractivity contribution in [2.45, 2.75) is 51.7 Å². The fraction of sp³-hybridized carbons (Fsp3) is 0.750. The lowest BCUT2D eigenvalue weighted by atomic mass is 9.99. The van der Waals surface area contributed by atoms with Crippen LogP contribution < -0.4 is 10.2 Å². The largest absolute Gasteiger partial charge is 0.352 e. The minimum Gasteiger partial charge on any atom is -0.352 e. The van der Waals surface area contributed by atoms with E-state index in [2.05, 4.69) is 38.9 Å². The summed E-state index contributed by atoms with van der Waals surface area (Å²) in [4.78, 5) is 14.2. The molecular formula is C16H27N5. The first-order chi connectivity index (χ1) is 10.2. The van der Waals surface area contributed by atoms with E-state index in [1.54, 1.807) is 0 Å². The molecule has 2 saturated heterocycles. The maximum absolute atomic E-state index is 4.62. The Hall–Kier alpha value is -1.20. The van der Waals surface area contributed by atoms with Crippen molar-refractivity contribution in [3.05, 3.63) is 18.1 Å². The molecular weight excluding hydrogens is 262 g/mol.